The molecule has 1 saturated carbocycles. The Bertz CT molecular complexity index is 702. The molecule has 5 nitrogen and oxygen atoms in total. The Morgan fingerprint density at radius 3 is 2.36 bits per heavy atom. The first-order valence-corrected chi connectivity index (χ1v) is 10.8. The first-order chi connectivity index (χ1) is 11.6. The fourth-order valence-corrected chi connectivity index (χ4v) is 4.66. The fourth-order valence-electron chi connectivity index (χ4n) is 3.48. The van der Waals surface area contributed by atoms with Gasteiger partial charge in [0.15, 0.2) is 0 Å². The summed E-state index contributed by atoms with van der Waals surface area (Å²) in [6.07, 6.45) is 5.30. The fraction of sp³-hybridized carbons (Fsp3) is 0.632. The van der Waals surface area contributed by atoms with E-state index in [1.165, 1.54) is 10.6 Å². The predicted octanol–water partition coefficient (Wildman–Crippen LogP) is 3.52. The number of benzene rings is 1. The number of sulfonamides is 1. The minimum absolute atomic E-state index is 0.0460. The van der Waals surface area contributed by atoms with Crippen molar-refractivity contribution < 1.29 is 13.2 Å². The van der Waals surface area contributed by atoms with E-state index in [2.05, 4.69) is 26.1 Å². The molecule has 0 radical (unpaired) electrons. The topological polar surface area (TPSA) is 66.5 Å². The van der Waals surface area contributed by atoms with E-state index in [0.29, 0.717) is 0 Å². The van der Waals surface area contributed by atoms with Crippen molar-refractivity contribution >= 4 is 21.6 Å². The van der Waals surface area contributed by atoms with Crippen molar-refractivity contribution in [1.82, 2.24) is 4.31 Å². The first kappa shape index (κ1) is 19.9. The molecule has 0 unspecified atom stereocenters. The molecule has 25 heavy (non-hydrogen) atoms. The Morgan fingerprint density at radius 1 is 1.20 bits per heavy atom. The van der Waals surface area contributed by atoms with Crippen molar-refractivity contribution in [2.45, 2.75) is 64.3 Å². The summed E-state index contributed by atoms with van der Waals surface area (Å²) >= 11 is 0. The van der Waals surface area contributed by atoms with Crippen molar-refractivity contribution in [2.24, 2.45) is 0 Å². The van der Waals surface area contributed by atoms with Crippen LogP contribution in [-0.4, -0.2) is 37.5 Å². The van der Waals surface area contributed by atoms with Crippen molar-refractivity contribution in [3.05, 3.63) is 29.8 Å². The first-order valence-electron chi connectivity index (χ1n) is 8.95. The van der Waals surface area contributed by atoms with Crippen LogP contribution in [-0.2, 0) is 20.2 Å². The summed E-state index contributed by atoms with van der Waals surface area (Å²) in [5, 5.41) is 2.95. The van der Waals surface area contributed by atoms with Crippen LogP contribution in [0.3, 0.4) is 0 Å². The minimum Gasteiger partial charge on any atom is -0.326 e. The van der Waals surface area contributed by atoms with E-state index in [-0.39, 0.29) is 30.3 Å². The van der Waals surface area contributed by atoms with Crippen molar-refractivity contribution in [2.75, 3.05) is 18.1 Å². The molecule has 1 N–H and O–H groups in total. The van der Waals surface area contributed by atoms with Gasteiger partial charge < -0.3 is 5.32 Å². The number of nitrogens with one attached hydrogen (secondary N) is 1. The third-order valence-electron chi connectivity index (χ3n) is 4.73. The molecule has 2 rings (SSSR count). The molecule has 1 aliphatic rings. The SMILES string of the molecule is CC(C)(C)c1ccccc1NC(=O)CCN(C1CCCC1)S(C)(=O)=O. The molecule has 1 aromatic rings. The summed E-state index contributed by atoms with van der Waals surface area (Å²) in [7, 11) is -3.29. The van der Waals surface area contributed by atoms with Gasteiger partial charge in [-0.3, -0.25) is 4.79 Å². The van der Waals surface area contributed by atoms with Crippen LogP contribution in [0.15, 0.2) is 24.3 Å². The van der Waals surface area contributed by atoms with Gasteiger partial charge in [-0.1, -0.05) is 51.8 Å². The normalized spacial score (nSPS) is 16.4. The van der Waals surface area contributed by atoms with Gasteiger partial charge in [-0.15, -0.1) is 0 Å². The molecular formula is C19H30N2O3S. The van der Waals surface area contributed by atoms with Gasteiger partial charge in [-0.05, 0) is 29.9 Å². The van der Waals surface area contributed by atoms with Crippen LogP contribution in [0.4, 0.5) is 5.69 Å². The number of nitrogens with zero attached hydrogens (tertiary/aromatic N) is 1. The zero-order chi connectivity index (χ0) is 18.7. The Labute approximate surface area is 151 Å². The van der Waals surface area contributed by atoms with Crippen LogP contribution in [0.5, 0.6) is 0 Å². The van der Waals surface area contributed by atoms with Crippen molar-refractivity contribution in [1.29, 1.82) is 0 Å². The van der Waals surface area contributed by atoms with E-state index in [1.807, 2.05) is 24.3 Å². The lowest BCUT2D eigenvalue weighted by Crippen LogP contribution is -2.40. The Hall–Kier alpha value is -1.40. The van der Waals surface area contributed by atoms with Gasteiger partial charge in [0, 0.05) is 24.7 Å². The lowest BCUT2D eigenvalue weighted by atomic mass is 9.86. The molecule has 1 aliphatic carbocycles. The largest absolute Gasteiger partial charge is 0.326 e. The standard InChI is InChI=1S/C19H30N2O3S/c1-19(2,3)16-11-7-8-12-17(16)20-18(22)13-14-21(25(4,23)24)15-9-5-6-10-15/h7-8,11-12,15H,5-6,9-10,13-14H2,1-4H3,(H,20,22). The Kier molecular flexibility index (Phi) is 6.27. The molecule has 0 saturated heterocycles. The summed E-state index contributed by atoms with van der Waals surface area (Å²) in [5.74, 6) is -0.150. The van der Waals surface area contributed by atoms with Crippen LogP contribution >= 0.6 is 0 Å². The molecule has 0 aromatic heterocycles. The van der Waals surface area contributed by atoms with Gasteiger partial charge in [0.05, 0.1) is 6.26 Å². The highest BCUT2D eigenvalue weighted by atomic mass is 32.2. The summed E-state index contributed by atoms with van der Waals surface area (Å²) in [6, 6.07) is 7.80. The van der Waals surface area contributed by atoms with Gasteiger partial charge in [-0.2, -0.15) is 4.31 Å². The van der Waals surface area contributed by atoms with Crippen LogP contribution in [0.2, 0.25) is 0 Å². The molecule has 1 amide bonds. The van der Waals surface area contributed by atoms with Crippen LogP contribution in [0.1, 0.15) is 58.4 Å². The molecule has 6 heteroatoms. The second-order valence-electron chi connectivity index (χ2n) is 7.91. The van der Waals surface area contributed by atoms with Gasteiger partial charge in [0.1, 0.15) is 0 Å². The molecule has 1 fully saturated rings. The smallest absolute Gasteiger partial charge is 0.225 e. The lowest BCUT2D eigenvalue weighted by Gasteiger charge is -2.26. The molecule has 0 spiro atoms. The lowest BCUT2D eigenvalue weighted by molar-refractivity contribution is -0.116. The van der Waals surface area contributed by atoms with E-state index in [0.717, 1.165) is 36.9 Å². The zero-order valence-corrected chi connectivity index (χ0v) is 16.5. The summed E-state index contributed by atoms with van der Waals surface area (Å²) < 4.78 is 25.6. The Balaban J connectivity index is 2.03. The van der Waals surface area contributed by atoms with E-state index in [9.17, 15) is 13.2 Å². The van der Waals surface area contributed by atoms with E-state index in [4.69, 9.17) is 0 Å². The van der Waals surface area contributed by atoms with Gasteiger partial charge >= 0.3 is 0 Å². The summed E-state index contributed by atoms with van der Waals surface area (Å²) in [4.78, 5) is 12.4. The average Bonchev–Trinajstić information content (AvgIpc) is 2.99. The molecule has 140 valence electrons. The molecule has 0 aliphatic heterocycles. The van der Waals surface area contributed by atoms with Crippen LogP contribution in [0, 0.1) is 0 Å². The molecule has 0 bridgehead atoms. The number of rotatable bonds is 6. The average molecular weight is 367 g/mol. The van der Waals surface area contributed by atoms with Crippen molar-refractivity contribution in [3.8, 4) is 0 Å². The highest BCUT2D eigenvalue weighted by molar-refractivity contribution is 7.88. The molecule has 1 aromatic carbocycles. The number of carbonyl (C=O) groups excluding carboxylic acids is 1. The predicted molar refractivity (Wildman–Crippen MR) is 102 cm³/mol. The highest BCUT2D eigenvalue weighted by Gasteiger charge is 2.29. The van der Waals surface area contributed by atoms with Crippen LogP contribution in [0.25, 0.3) is 0 Å². The number of hydrogen-bond acceptors (Lipinski definition) is 3. The van der Waals surface area contributed by atoms with Gasteiger partial charge in [0.25, 0.3) is 0 Å². The highest BCUT2D eigenvalue weighted by Crippen LogP contribution is 2.29. The van der Waals surface area contributed by atoms with E-state index in [1.54, 1.807) is 0 Å². The number of para-hydroxylation sites is 1. The third-order valence-corrected chi connectivity index (χ3v) is 6.06. The third kappa shape index (κ3) is 5.54. The second kappa shape index (κ2) is 7.87. The van der Waals surface area contributed by atoms with E-state index < -0.39 is 10.0 Å². The van der Waals surface area contributed by atoms with E-state index >= 15 is 0 Å². The van der Waals surface area contributed by atoms with Crippen molar-refractivity contribution in [3.63, 3.8) is 0 Å². The Morgan fingerprint density at radius 2 is 1.80 bits per heavy atom. The summed E-state index contributed by atoms with van der Waals surface area (Å²) in [6.45, 7) is 6.55. The van der Waals surface area contributed by atoms with Crippen LogP contribution < -0.4 is 5.32 Å². The monoisotopic (exact) mass is 366 g/mol. The number of anilines is 1. The maximum atomic E-state index is 12.4. The quantitative estimate of drug-likeness (QED) is 0.838. The zero-order valence-electron chi connectivity index (χ0n) is 15.7. The molecule has 0 atom stereocenters. The molecule has 0 heterocycles. The maximum absolute atomic E-state index is 12.4. The minimum atomic E-state index is -3.29. The van der Waals surface area contributed by atoms with Gasteiger partial charge in [-0.25, -0.2) is 8.42 Å². The van der Waals surface area contributed by atoms with Gasteiger partial charge in [0.2, 0.25) is 15.9 Å². The summed E-state index contributed by atoms with van der Waals surface area (Å²) in [5.41, 5.74) is 1.79. The number of hydrogen-bond donors (Lipinski definition) is 1. The maximum Gasteiger partial charge on any atom is 0.225 e. The number of amides is 1. The second-order valence-corrected chi connectivity index (χ2v) is 9.84. The molecular weight excluding hydrogens is 336 g/mol. The number of carbonyl (C=O) groups is 1.